The number of nitrogens with zero attached hydrogens (tertiary/aromatic N) is 1. The van der Waals surface area contributed by atoms with Crippen LogP contribution in [0.3, 0.4) is 0 Å². The summed E-state index contributed by atoms with van der Waals surface area (Å²) in [6.07, 6.45) is 1.56. The first kappa shape index (κ1) is 22.4. The summed E-state index contributed by atoms with van der Waals surface area (Å²) in [5.41, 5.74) is 1.42. The Hall–Kier alpha value is -3.78. The lowest BCUT2D eigenvalue weighted by molar-refractivity contribution is 0.201. The first-order valence-corrected chi connectivity index (χ1v) is 12.1. The van der Waals surface area contributed by atoms with E-state index in [1.54, 1.807) is 41.5 Å². The zero-order chi connectivity index (χ0) is 23.3. The number of hydrogen-bond acceptors (Lipinski definition) is 5. The van der Waals surface area contributed by atoms with Crippen LogP contribution in [0.25, 0.3) is 10.8 Å². The van der Waals surface area contributed by atoms with Crippen molar-refractivity contribution in [1.82, 2.24) is 4.90 Å². The molecule has 0 aliphatic heterocycles. The average Bonchev–Trinajstić information content (AvgIpc) is 3.32. The lowest BCUT2D eigenvalue weighted by atomic mass is 10.1. The normalized spacial score (nSPS) is 11.3. The molecule has 8 heteroatoms. The summed E-state index contributed by atoms with van der Waals surface area (Å²) in [7, 11) is -3.64. The van der Waals surface area contributed by atoms with Gasteiger partial charge in [0.25, 0.3) is 0 Å². The highest BCUT2D eigenvalue weighted by Crippen LogP contribution is 2.24. The van der Waals surface area contributed by atoms with Crippen molar-refractivity contribution in [2.75, 3.05) is 11.1 Å². The van der Waals surface area contributed by atoms with Crippen LogP contribution in [0, 0.1) is 0 Å². The molecule has 1 N–H and O–H groups in total. The lowest BCUT2D eigenvalue weighted by Gasteiger charge is -2.23. The Morgan fingerprint density at radius 3 is 2.55 bits per heavy atom. The number of carbonyl (C=O) groups excluding carboxylic acids is 1. The second-order valence-electron chi connectivity index (χ2n) is 7.47. The van der Waals surface area contributed by atoms with Crippen LogP contribution in [0.4, 0.5) is 10.5 Å². The van der Waals surface area contributed by atoms with Gasteiger partial charge in [-0.1, -0.05) is 48.5 Å². The predicted molar refractivity (Wildman–Crippen MR) is 127 cm³/mol. The molecule has 0 unspecified atom stereocenters. The number of furan rings is 1. The third kappa shape index (κ3) is 5.72. The van der Waals surface area contributed by atoms with Gasteiger partial charge in [0.2, 0.25) is 0 Å². The van der Waals surface area contributed by atoms with Crippen molar-refractivity contribution in [2.24, 2.45) is 0 Å². The van der Waals surface area contributed by atoms with E-state index < -0.39 is 10.1 Å². The Labute approximate surface area is 192 Å². The highest BCUT2D eigenvalue weighted by atomic mass is 32.2. The maximum absolute atomic E-state index is 13.3. The van der Waals surface area contributed by atoms with Gasteiger partial charge in [-0.15, -0.1) is 0 Å². The Balaban J connectivity index is 1.58. The first-order chi connectivity index (χ1) is 15.9. The molecular formula is C25H24N2O5S. The van der Waals surface area contributed by atoms with Gasteiger partial charge in [0.15, 0.2) is 0 Å². The van der Waals surface area contributed by atoms with E-state index in [-0.39, 0.29) is 30.6 Å². The monoisotopic (exact) mass is 464 g/mol. The standard InChI is InChI=1S/C25H24N2O5S/c1-2-33(29,30)32-21-11-5-8-19(16-21)17-27(18-22-12-7-15-31-22)25(28)26-24-14-6-10-20-9-3-4-13-23(20)24/h3-16H,2,17-18H2,1H3,(H,26,28). The maximum atomic E-state index is 13.3. The van der Waals surface area contributed by atoms with E-state index in [1.165, 1.54) is 6.92 Å². The molecule has 170 valence electrons. The molecule has 0 radical (unpaired) electrons. The van der Waals surface area contributed by atoms with E-state index >= 15 is 0 Å². The summed E-state index contributed by atoms with van der Waals surface area (Å²) in [5, 5.41) is 4.96. The van der Waals surface area contributed by atoms with Crippen molar-refractivity contribution in [3.8, 4) is 5.75 Å². The van der Waals surface area contributed by atoms with Crippen LogP contribution in [0.1, 0.15) is 18.2 Å². The van der Waals surface area contributed by atoms with Crippen molar-refractivity contribution >= 4 is 32.6 Å². The number of amides is 2. The van der Waals surface area contributed by atoms with Gasteiger partial charge in [0.1, 0.15) is 11.5 Å². The fraction of sp³-hybridized carbons (Fsp3) is 0.160. The highest BCUT2D eigenvalue weighted by Gasteiger charge is 2.18. The van der Waals surface area contributed by atoms with Crippen molar-refractivity contribution < 1.29 is 21.8 Å². The summed E-state index contributed by atoms with van der Waals surface area (Å²) < 4.78 is 34.2. The SMILES string of the molecule is CCS(=O)(=O)Oc1cccc(CN(Cc2ccco2)C(=O)Nc2cccc3ccccc23)c1. The molecule has 0 saturated carbocycles. The smallest absolute Gasteiger partial charge is 0.322 e. The minimum Gasteiger partial charge on any atom is -0.467 e. The Morgan fingerprint density at radius 1 is 0.970 bits per heavy atom. The van der Waals surface area contributed by atoms with E-state index in [4.69, 9.17) is 8.60 Å². The van der Waals surface area contributed by atoms with Crippen LogP contribution in [0.2, 0.25) is 0 Å². The van der Waals surface area contributed by atoms with Gasteiger partial charge in [-0.2, -0.15) is 8.42 Å². The molecule has 0 spiro atoms. The summed E-state index contributed by atoms with van der Waals surface area (Å²) in [6, 6.07) is 23.5. The number of nitrogens with one attached hydrogen (secondary N) is 1. The van der Waals surface area contributed by atoms with Crippen LogP contribution in [0.5, 0.6) is 5.75 Å². The zero-order valence-corrected chi connectivity index (χ0v) is 18.9. The molecule has 0 saturated heterocycles. The van der Waals surface area contributed by atoms with Crippen molar-refractivity contribution in [2.45, 2.75) is 20.0 Å². The minimum absolute atomic E-state index is 0.130. The van der Waals surface area contributed by atoms with Crippen LogP contribution >= 0.6 is 0 Å². The van der Waals surface area contributed by atoms with E-state index in [1.807, 2.05) is 48.5 Å². The van der Waals surface area contributed by atoms with Crippen LogP contribution in [0.15, 0.2) is 89.5 Å². The van der Waals surface area contributed by atoms with E-state index in [0.717, 1.165) is 16.3 Å². The molecule has 4 rings (SSSR count). The third-order valence-corrected chi connectivity index (χ3v) is 6.25. The number of hydrogen-bond donors (Lipinski definition) is 1. The van der Waals surface area contributed by atoms with Gasteiger partial charge in [-0.25, -0.2) is 4.79 Å². The third-order valence-electron chi connectivity index (χ3n) is 5.09. The molecule has 0 atom stereocenters. The quantitative estimate of drug-likeness (QED) is 0.353. The molecule has 7 nitrogen and oxygen atoms in total. The molecule has 0 bridgehead atoms. The van der Waals surface area contributed by atoms with Crippen molar-refractivity contribution in [3.05, 3.63) is 96.4 Å². The van der Waals surface area contributed by atoms with Gasteiger partial charge >= 0.3 is 16.1 Å². The summed E-state index contributed by atoms with van der Waals surface area (Å²) in [4.78, 5) is 14.9. The number of rotatable bonds is 8. The average molecular weight is 465 g/mol. The van der Waals surface area contributed by atoms with E-state index in [0.29, 0.717) is 11.4 Å². The molecule has 1 heterocycles. The van der Waals surface area contributed by atoms with Crippen LogP contribution in [-0.4, -0.2) is 25.1 Å². The fourth-order valence-electron chi connectivity index (χ4n) is 3.44. The Bertz CT molecular complexity index is 1350. The zero-order valence-electron chi connectivity index (χ0n) is 18.1. The van der Waals surface area contributed by atoms with Gasteiger partial charge in [-0.3, -0.25) is 0 Å². The molecule has 2 amide bonds. The topological polar surface area (TPSA) is 88.9 Å². The molecule has 0 fully saturated rings. The number of carbonyl (C=O) groups is 1. The predicted octanol–water partition coefficient (Wildman–Crippen LogP) is 5.40. The molecule has 1 aromatic heterocycles. The largest absolute Gasteiger partial charge is 0.467 e. The number of anilines is 1. The first-order valence-electron chi connectivity index (χ1n) is 10.5. The number of benzene rings is 3. The molecule has 0 aliphatic carbocycles. The van der Waals surface area contributed by atoms with Crippen molar-refractivity contribution in [3.63, 3.8) is 0 Å². The second kappa shape index (κ2) is 9.79. The maximum Gasteiger partial charge on any atom is 0.322 e. The molecule has 3 aromatic carbocycles. The van der Waals surface area contributed by atoms with E-state index in [2.05, 4.69) is 5.32 Å². The Morgan fingerprint density at radius 2 is 1.76 bits per heavy atom. The van der Waals surface area contributed by atoms with E-state index in [9.17, 15) is 13.2 Å². The molecular weight excluding hydrogens is 440 g/mol. The van der Waals surface area contributed by atoms with Gasteiger partial charge in [0, 0.05) is 11.9 Å². The van der Waals surface area contributed by atoms with Gasteiger partial charge < -0.3 is 18.8 Å². The van der Waals surface area contributed by atoms with Crippen molar-refractivity contribution in [1.29, 1.82) is 0 Å². The fourth-order valence-corrected chi connectivity index (χ4v) is 3.96. The lowest BCUT2D eigenvalue weighted by Crippen LogP contribution is -2.34. The second-order valence-corrected chi connectivity index (χ2v) is 9.33. The summed E-state index contributed by atoms with van der Waals surface area (Å²) >= 11 is 0. The molecule has 4 aromatic rings. The summed E-state index contributed by atoms with van der Waals surface area (Å²) in [6.45, 7) is 1.98. The highest BCUT2D eigenvalue weighted by molar-refractivity contribution is 7.87. The van der Waals surface area contributed by atoms with Gasteiger partial charge in [0.05, 0.1) is 24.2 Å². The summed E-state index contributed by atoms with van der Waals surface area (Å²) in [5.74, 6) is 0.709. The van der Waals surface area contributed by atoms with Gasteiger partial charge in [-0.05, 0) is 48.2 Å². The molecule has 33 heavy (non-hydrogen) atoms. The minimum atomic E-state index is -3.64. The number of urea groups is 1. The Kier molecular flexibility index (Phi) is 6.65. The van der Waals surface area contributed by atoms with Crippen LogP contribution < -0.4 is 9.50 Å². The molecule has 0 aliphatic rings. The number of fused-ring (bicyclic) bond motifs is 1. The van der Waals surface area contributed by atoms with Crippen LogP contribution in [-0.2, 0) is 23.2 Å².